The lowest BCUT2D eigenvalue weighted by atomic mass is 10.1. The van der Waals surface area contributed by atoms with Crippen LogP contribution in [0.2, 0.25) is 0 Å². The molecule has 2 nitrogen and oxygen atoms in total. The number of halogens is 1. The van der Waals surface area contributed by atoms with Gasteiger partial charge in [0, 0.05) is 6.54 Å². The summed E-state index contributed by atoms with van der Waals surface area (Å²) < 4.78 is 12.6. The summed E-state index contributed by atoms with van der Waals surface area (Å²) in [7, 11) is 2.01. The van der Waals surface area contributed by atoms with Gasteiger partial charge in [0.2, 0.25) is 0 Å². The zero-order valence-electron chi connectivity index (χ0n) is 9.28. The molecule has 1 rings (SSSR count). The lowest BCUT2D eigenvalue weighted by molar-refractivity contribution is 0.150. The van der Waals surface area contributed by atoms with Crippen LogP contribution in [-0.4, -0.2) is 30.1 Å². The Bertz CT molecular complexity index is 286. The Morgan fingerprint density at radius 3 is 2.47 bits per heavy atom. The van der Waals surface area contributed by atoms with E-state index >= 15 is 0 Å². The van der Waals surface area contributed by atoms with Gasteiger partial charge in [0.05, 0.1) is 6.10 Å². The minimum atomic E-state index is -0.500. The number of hydrogen-bond donors (Lipinski definition) is 1. The molecule has 1 unspecified atom stereocenters. The van der Waals surface area contributed by atoms with Crippen molar-refractivity contribution in [3.8, 4) is 0 Å². The molecule has 0 saturated heterocycles. The summed E-state index contributed by atoms with van der Waals surface area (Å²) in [5.74, 6) is -0.267. The van der Waals surface area contributed by atoms with Gasteiger partial charge >= 0.3 is 0 Å². The van der Waals surface area contributed by atoms with Crippen LogP contribution in [0.1, 0.15) is 25.0 Å². The first-order valence-corrected chi connectivity index (χ1v) is 5.25. The van der Waals surface area contributed by atoms with Gasteiger partial charge in [0.15, 0.2) is 0 Å². The number of aliphatic hydroxyl groups excluding tert-OH is 1. The molecule has 0 amide bonds. The van der Waals surface area contributed by atoms with Crippen LogP contribution >= 0.6 is 0 Å². The maximum atomic E-state index is 12.6. The molecule has 0 aromatic heterocycles. The Morgan fingerprint density at radius 2 is 1.93 bits per heavy atom. The van der Waals surface area contributed by atoms with Crippen LogP contribution in [0.5, 0.6) is 0 Å². The van der Waals surface area contributed by atoms with Crippen LogP contribution in [0.15, 0.2) is 24.3 Å². The zero-order valence-corrected chi connectivity index (χ0v) is 9.28. The second kappa shape index (κ2) is 5.83. The molecule has 0 spiro atoms. The molecule has 1 atom stereocenters. The fourth-order valence-electron chi connectivity index (χ4n) is 1.35. The monoisotopic (exact) mass is 211 g/mol. The standard InChI is InChI=1S/C12H18FNO/c1-3-14(2)9-8-12(15)10-4-6-11(13)7-5-10/h4-7,12,15H,3,8-9H2,1-2H3. The quantitative estimate of drug-likeness (QED) is 0.807. The fourth-order valence-corrected chi connectivity index (χ4v) is 1.35. The van der Waals surface area contributed by atoms with E-state index in [2.05, 4.69) is 11.8 Å². The van der Waals surface area contributed by atoms with Crippen molar-refractivity contribution in [1.82, 2.24) is 4.90 Å². The molecule has 0 aliphatic heterocycles. The SMILES string of the molecule is CCN(C)CCC(O)c1ccc(F)cc1. The average Bonchev–Trinajstić information content (AvgIpc) is 2.26. The Kier molecular flexibility index (Phi) is 4.72. The summed E-state index contributed by atoms with van der Waals surface area (Å²) in [5, 5.41) is 9.81. The molecule has 3 heteroatoms. The smallest absolute Gasteiger partial charge is 0.123 e. The van der Waals surface area contributed by atoms with Gasteiger partial charge in [-0.05, 0) is 37.7 Å². The van der Waals surface area contributed by atoms with Gasteiger partial charge in [-0.2, -0.15) is 0 Å². The van der Waals surface area contributed by atoms with Crippen molar-refractivity contribution in [3.05, 3.63) is 35.6 Å². The van der Waals surface area contributed by atoms with E-state index in [-0.39, 0.29) is 5.82 Å². The van der Waals surface area contributed by atoms with Crippen molar-refractivity contribution in [1.29, 1.82) is 0 Å². The van der Waals surface area contributed by atoms with Crippen LogP contribution in [0, 0.1) is 5.82 Å². The van der Waals surface area contributed by atoms with Gasteiger partial charge in [0.1, 0.15) is 5.82 Å². The normalized spacial score (nSPS) is 13.1. The predicted molar refractivity (Wildman–Crippen MR) is 59.1 cm³/mol. The molecule has 0 fully saturated rings. The predicted octanol–water partition coefficient (Wildman–Crippen LogP) is 2.20. The van der Waals surface area contributed by atoms with Crippen molar-refractivity contribution in [2.45, 2.75) is 19.4 Å². The van der Waals surface area contributed by atoms with E-state index in [9.17, 15) is 9.50 Å². The van der Waals surface area contributed by atoms with Crippen LogP contribution in [0.25, 0.3) is 0 Å². The van der Waals surface area contributed by atoms with Crippen molar-refractivity contribution < 1.29 is 9.50 Å². The summed E-state index contributed by atoms with van der Waals surface area (Å²) in [4.78, 5) is 2.13. The minimum Gasteiger partial charge on any atom is -0.388 e. The summed E-state index contributed by atoms with van der Waals surface area (Å²) in [6.45, 7) is 3.88. The number of benzene rings is 1. The van der Waals surface area contributed by atoms with Crippen molar-refractivity contribution in [2.24, 2.45) is 0 Å². The number of aliphatic hydroxyl groups is 1. The molecular weight excluding hydrogens is 193 g/mol. The molecule has 0 bridgehead atoms. The zero-order chi connectivity index (χ0) is 11.3. The molecule has 0 radical (unpaired) electrons. The molecule has 1 N–H and O–H groups in total. The number of hydrogen-bond acceptors (Lipinski definition) is 2. The average molecular weight is 211 g/mol. The molecule has 0 aliphatic carbocycles. The fraction of sp³-hybridized carbons (Fsp3) is 0.500. The van der Waals surface area contributed by atoms with Crippen LogP contribution in [-0.2, 0) is 0 Å². The van der Waals surface area contributed by atoms with Gasteiger partial charge in [-0.25, -0.2) is 4.39 Å². The Labute approximate surface area is 90.3 Å². The third kappa shape index (κ3) is 3.98. The van der Waals surface area contributed by atoms with E-state index < -0.39 is 6.10 Å². The summed E-state index contributed by atoms with van der Waals surface area (Å²) in [5.41, 5.74) is 0.779. The van der Waals surface area contributed by atoms with Gasteiger partial charge < -0.3 is 10.0 Å². The second-order valence-electron chi connectivity index (χ2n) is 3.75. The maximum Gasteiger partial charge on any atom is 0.123 e. The van der Waals surface area contributed by atoms with E-state index in [4.69, 9.17) is 0 Å². The first kappa shape index (κ1) is 12.1. The third-order valence-corrected chi connectivity index (χ3v) is 2.58. The molecule has 84 valence electrons. The molecule has 15 heavy (non-hydrogen) atoms. The van der Waals surface area contributed by atoms with E-state index in [0.29, 0.717) is 6.42 Å². The molecule has 1 aromatic carbocycles. The minimum absolute atomic E-state index is 0.267. The molecule has 0 saturated carbocycles. The lowest BCUT2D eigenvalue weighted by Crippen LogP contribution is -2.20. The summed E-state index contributed by atoms with van der Waals surface area (Å²) >= 11 is 0. The summed E-state index contributed by atoms with van der Waals surface area (Å²) in [6, 6.07) is 6.02. The van der Waals surface area contributed by atoms with Crippen LogP contribution < -0.4 is 0 Å². The lowest BCUT2D eigenvalue weighted by Gasteiger charge is -2.17. The Balaban J connectivity index is 2.46. The van der Waals surface area contributed by atoms with E-state index in [0.717, 1.165) is 18.7 Å². The first-order valence-electron chi connectivity index (χ1n) is 5.25. The van der Waals surface area contributed by atoms with E-state index in [1.54, 1.807) is 12.1 Å². The molecule has 1 aromatic rings. The van der Waals surface area contributed by atoms with Gasteiger partial charge in [0.25, 0.3) is 0 Å². The van der Waals surface area contributed by atoms with Crippen LogP contribution in [0.4, 0.5) is 4.39 Å². The number of rotatable bonds is 5. The molecule has 0 heterocycles. The third-order valence-electron chi connectivity index (χ3n) is 2.58. The van der Waals surface area contributed by atoms with Gasteiger partial charge in [-0.3, -0.25) is 0 Å². The van der Waals surface area contributed by atoms with Gasteiger partial charge in [-0.1, -0.05) is 19.1 Å². The second-order valence-corrected chi connectivity index (χ2v) is 3.75. The molecular formula is C12H18FNO. The maximum absolute atomic E-state index is 12.6. The van der Waals surface area contributed by atoms with E-state index in [1.165, 1.54) is 12.1 Å². The Morgan fingerprint density at radius 1 is 1.33 bits per heavy atom. The molecule has 0 aliphatic rings. The highest BCUT2D eigenvalue weighted by Crippen LogP contribution is 2.16. The highest BCUT2D eigenvalue weighted by Gasteiger charge is 2.08. The van der Waals surface area contributed by atoms with Crippen LogP contribution in [0.3, 0.4) is 0 Å². The Hall–Kier alpha value is -0.930. The van der Waals surface area contributed by atoms with Gasteiger partial charge in [-0.15, -0.1) is 0 Å². The largest absolute Gasteiger partial charge is 0.388 e. The number of nitrogens with zero attached hydrogens (tertiary/aromatic N) is 1. The topological polar surface area (TPSA) is 23.5 Å². The van der Waals surface area contributed by atoms with Crippen molar-refractivity contribution in [2.75, 3.05) is 20.1 Å². The first-order chi connectivity index (χ1) is 7.13. The highest BCUT2D eigenvalue weighted by molar-refractivity contribution is 5.18. The highest BCUT2D eigenvalue weighted by atomic mass is 19.1. The van der Waals surface area contributed by atoms with Crippen molar-refractivity contribution in [3.63, 3.8) is 0 Å². The van der Waals surface area contributed by atoms with E-state index in [1.807, 2.05) is 7.05 Å². The van der Waals surface area contributed by atoms with Crippen molar-refractivity contribution >= 4 is 0 Å². The summed E-state index contributed by atoms with van der Waals surface area (Å²) in [6.07, 6.45) is 0.176.